The van der Waals surface area contributed by atoms with Gasteiger partial charge in [-0.25, -0.2) is 0 Å². The lowest BCUT2D eigenvalue weighted by atomic mass is 9.88. The number of hydrogen-bond donors (Lipinski definition) is 1. The van der Waals surface area contributed by atoms with Crippen LogP contribution in [0, 0.1) is 13.8 Å². The first-order chi connectivity index (χ1) is 9.43. The quantitative estimate of drug-likeness (QED) is 0.919. The average Bonchev–Trinajstić information content (AvgIpc) is 2.41. The summed E-state index contributed by atoms with van der Waals surface area (Å²) in [5.74, 6) is -0.0951. The fourth-order valence-corrected chi connectivity index (χ4v) is 2.87. The maximum atomic E-state index is 12.8. The molecular weight excluding hydrogens is 252 g/mol. The lowest BCUT2D eigenvalue weighted by Gasteiger charge is -2.41. The van der Waals surface area contributed by atoms with E-state index in [0.717, 1.165) is 16.8 Å². The van der Waals surface area contributed by atoms with Gasteiger partial charge in [-0.05, 0) is 38.3 Å². The van der Waals surface area contributed by atoms with Crippen molar-refractivity contribution in [1.82, 2.24) is 5.32 Å². The number of carbonyl (C=O) groups is 2. The van der Waals surface area contributed by atoms with Crippen LogP contribution in [0.2, 0.25) is 0 Å². The SMILES string of the molecule is CCC1(CC)NC(=O)CN(c2ccc(C)cc2C)C1=O. The summed E-state index contributed by atoms with van der Waals surface area (Å²) >= 11 is 0. The van der Waals surface area contributed by atoms with E-state index in [2.05, 4.69) is 5.32 Å². The third-order valence-electron chi connectivity index (χ3n) is 4.19. The van der Waals surface area contributed by atoms with Gasteiger partial charge in [0.1, 0.15) is 12.1 Å². The average molecular weight is 274 g/mol. The van der Waals surface area contributed by atoms with Gasteiger partial charge in [0.15, 0.2) is 0 Å². The number of nitrogens with zero attached hydrogens (tertiary/aromatic N) is 1. The Bertz CT molecular complexity index is 547. The zero-order valence-corrected chi connectivity index (χ0v) is 12.6. The minimum atomic E-state index is -0.757. The molecule has 1 heterocycles. The van der Waals surface area contributed by atoms with Crippen molar-refractivity contribution < 1.29 is 9.59 Å². The van der Waals surface area contributed by atoms with Crippen molar-refractivity contribution in [2.24, 2.45) is 0 Å². The van der Waals surface area contributed by atoms with Gasteiger partial charge in [-0.3, -0.25) is 9.59 Å². The number of anilines is 1. The van der Waals surface area contributed by atoms with Crippen molar-refractivity contribution >= 4 is 17.5 Å². The number of piperazine rings is 1. The monoisotopic (exact) mass is 274 g/mol. The van der Waals surface area contributed by atoms with Crippen molar-refractivity contribution in [1.29, 1.82) is 0 Å². The summed E-state index contributed by atoms with van der Waals surface area (Å²) in [4.78, 5) is 26.4. The summed E-state index contributed by atoms with van der Waals surface area (Å²) in [5.41, 5.74) is 2.25. The van der Waals surface area contributed by atoms with E-state index in [4.69, 9.17) is 0 Å². The van der Waals surface area contributed by atoms with Crippen molar-refractivity contribution in [3.05, 3.63) is 29.3 Å². The maximum absolute atomic E-state index is 12.8. The Kier molecular flexibility index (Phi) is 3.84. The van der Waals surface area contributed by atoms with Crippen molar-refractivity contribution in [2.75, 3.05) is 11.4 Å². The van der Waals surface area contributed by atoms with E-state index in [-0.39, 0.29) is 18.4 Å². The molecule has 1 aliphatic rings. The van der Waals surface area contributed by atoms with Crippen LogP contribution in [0.4, 0.5) is 5.69 Å². The van der Waals surface area contributed by atoms with Crippen LogP contribution in [0.3, 0.4) is 0 Å². The molecule has 4 nitrogen and oxygen atoms in total. The first-order valence-corrected chi connectivity index (χ1v) is 7.13. The lowest BCUT2D eigenvalue weighted by Crippen LogP contribution is -2.66. The highest BCUT2D eigenvalue weighted by Gasteiger charge is 2.44. The van der Waals surface area contributed by atoms with Crippen LogP contribution in [0.15, 0.2) is 18.2 Å². The van der Waals surface area contributed by atoms with Crippen molar-refractivity contribution in [3.8, 4) is 0 Å². The largest absolute Gasteiger partial charge is 0.340 e. The summed E-state index contributed by atoms with van der Waals surface area (Å²) in [5, 5.41) is 2.88. The molecule has 2 rings (SSSR count). The first kappa shape index (κ1) is 14.6. The molecule has 0 saturated carbocycles. The molecule has 1 aromatic carbocycles. The Morgan fingerprint density at radius 2 is 1.85 bits per heavy atom. The zero-order chi connectivity index (χ0) is 14.9. The molecule has 1 aromatic rings. The molecule has 0 spiro atoms. The van der Waals surface area contributed by atoms with Gasteiger partial charge in [0.25, 0.3) is 5.91 Å². The summed E-state index contributed by atoms with van der Waals surface area (Å²) in [6, 6.07) is 5.94. The third kappa shape index (κ3) is 2.30. The molecule has 4 heteroatoms. The van der Waals surface area contributed by atoms with Gasteiger partial charge >= 0.3 is 0 Å². The highest BCUT2D eigenvalue weighted by molar-refractivity contribution is 6.09. The summed E-state index contributed by atoms with van der Waals surface area (Å²) in [6.45, 7) is 7.97. The Hall–Kier alpha value is -1.84. The van der Waals surface area contributed by atoms with Crippen molar-refractivity contribution in [3.63, 3.8) is 0 Å². The second kappa shape index (κ2) is 5.27. The Labute approximate surface area is 120 Å². The minimum Gasteiger partial charge on any atom is -0.340 e. The molecule has 2 amide bonds. The molecule has 0 radical (unpaired) electrons. The number of aryl methyl sites for hydroxylation is 2. The molecule has 1 N–H and O–H groups in total. The van der Waals surface area contributed by atoms with Gasteiger partial charge in [-0.15, -0.1) is 0 Å². The summed E-state index contributed by atoms with van der Waals surface area (Å²) in [6.07, 6.45) is 1.21. The van der Waals surface area contributed by atoms with E-state index < -0.39 is 5.54 Å². The molecule has 108 valence electrons. The first-order valence-electron chi connectivity index (χ1n) is 7.13. The molecule has 0 aliphatic carbocycles. The van der Waals surface area contributed by atoms with Crippen LogP contribution in [0.25, 0.3) is 0 Å². The topological polar surface area (TPSA) is 49.4 Å². The fourth-order valence-electron chi connectivity index (χ4n) is 2.87. The number of rotatable bonds is 3. The number of nitrogens with one attached hydrogen (secondary N) is 1. The summed E-state index contributed by atoms with van der Waals surface area (Å²) < 4.78 is 0. The van der Waals surface area contributed by atoms with Crippen LogP contribution in [0.1, 0.15) is 37.8 Å². The molecule has 1 saturated heterocycles. The number of amides is 2. The van der Waals surface area contributed by atoms with E-state index in [1.165, 1.54) is 0 Å². The van der Waals surface area contributed by atoms with E-state index in [9.17, 15) is 9.59 Å². The Morgan fingerprint density at radius 3 is 2.40 bits per heavy atom. The molecule has 20 heavy (non-hydrogen) atoms. The highest BCUT2D eigenvalue weighted by Crippen LogP contribution is 2.29. The van der Waals surface area contributed by atoms with Gasteiger partial charge in [0.2, 0.25) is 5.91 Å². The highest BCUT2D eigenvalue weighted by atomic mass is 16.2. The van der Waals surface area contributed by atoms with Crippen molar-refractivity contribution in [2.45, 2.75) is 46.1 Å². The number of hydrogen-bond acceptors (Lipinski definition) is 2. The second-order valence-electron chi connectivity index (χ2n) is 5.52. The minimum absolute atomic E-state index is 0.00551. The van der Waals surface area contributed by atoms with Gasteiger partial charge in [-0.2, -0.15) is 0 Å². The summed E-state index contributed by atoms with van der Waals surface area (Å²) in [7, 11) is 0. The lowest BCUT2D eigenvalue weighted by molar-refractivity contribution is -0.136. The molecule has 0 bridgehead atoms. The van der Waals surface area contributed by atoms with E-state index in [1.54, 1.807) is 4.90 Å². The third-order valence-corrected chi connectivity index (χ3v) is 4.19. The maximum Gasteiger partial charge on any atom is 0.253 e. The standard InChI is InChI=1S/C16H22N2O2/c1-5-16(6-2)15(20)18(10-14(19)17-16)13-8-7-11(3)9-12(13)4/h7-9H,5-6,10H2,1-4H3,(H,17,19). The Morgan fingerprint density at radius 1 is 1.20 bits per heavy atom. The van der Waals surface area contributed by atoms with E-state index in [0.29, 0.717) is 12.8 Å². The molecule has 0 aromatic heterocycles. The predicted molar refractivity (Wildman–Crippen MR) is 79.7 cm³/mol. The van der Waals surface area contributed by atoms with E-state index in [1.807, 2.05) is 45.9 Å². The fraction of sp³-hybridized carbons (Fsp3) is 0.500. The van der Waals surface area contributed by atoms with E-state index >= 15 is 0 Å². The zero-order valence-electron chi connectivity index (χ0n) is 12.6. The molecular formula is C16H22N2O2. The predicted octanol–water partition coefficient (Wildman–Crippen LogP) is 2.33. The molecule has 1 aliphatic heterocycles. The van der Waals surface area contributed by atoms with Gasteiger partial charge in [0.05, 0.1) is 0 Å². The van der Waals surface area contributed by atoms with Gasteiger partial charge < -0.3 is 10.2 Å². The molecule has 1 fully saturated rings. The molecule has 0 unspecified atom stereocenters. The van der Waals surface area contributed by atoms with Gasteiger partial charge in [0, 0.05) is 5.69 Å². The van der Waals surface area contributed by atoms with Crippen LogP contribution in [0.5, 0.6) is 0 Å². The van der Waals surface area contributed by atoms with Crippen LogP contribution in [-0.2, 0) is 9.59 Å². The smallest absolute Gasteiger partial charge is 0.253 e. The normalized spacial score (nSPS) is 18.1. The van der Waals surface area contributed by atoms with Crippen LogP contribution in [-0.4, -0.2) is 23.9 Å². The van der Waals surface area contributed by atoms with Crippen LogP contribution >= 0.6 is 0 Å². The van der Waals surface area contributed by atoms with Crippen LogP contribution < -0.4 is 10.2 Å². The second-order valence-corrected chi connectivity index (χ2v) is 5.52. The number of benzene rings is 1. The number of carbonyl (C=O) groups excluding carboxylic acids is 2. The Balaban J connectivity index is 2.45. The van der Waals surface area contributed by atoms with Gasteiger partial charge in [-0.1, -0.05) is 31.5 Å². The molecule has 0 atom stereocenters.